The summed E-state index contributed by atoms with van der Waals surface area (Å²) in [6.07, 6.45) is 1.21. The van der Waals surface area contributed by atoms with Crippen LogP contribution in [0.4, 0.5) is 5.69 Å². The number of halogens is 1. The lowest BCUT2D eigenvalue weighted by atomic mass is 9.92. The molecule has 0 saturated carbocycles. The van der Waals surface area contributed by atoms with Crippen LogP contribution >= 0.6 is 11.6 Å². The predicted molar refractivity (Wildman–Crippen MR) is 106 cm³/mol. The zero-order valence-electron chi connectivity index (χ0n) is 16.2. The van der Waals surface area contributed by atoms with Crippen LogP contribution in [0, 0.1) is 18.8 Å². The van der Waals surface area contributed by atoms with Gasteiger partial charge in [-0.3, -0.25) is 14.5 Å². The molecule has 26 heavy (non-hydrogen) atoms. The molecule has 5 nitrogen and oxygen atoms in total. The number of carbonyl (C=O) groups excluding carboxylic acids is 2. The number of nitrogens with zero attached hydrogens (tertiary/aromatic N) is 2. The number of benzene rings is 1. The van der Waals surface area contributed by atoms with E-state index < -0.39 is 0 Å². The van der Waals surface area contributed by atoms with Gasteiger partial charge in [0.05, 0.1) is 13.1 Å². The summed E-state index contributed by atoms with van der Waals surface area (Å²) in [6.45, 7) is 11.1. The maximum atomic E-state index is 12.6. The number of likely N-dealkylation sites (N-methyl/N-ethyl adjacent to an activating group) is 1. The van der Waals surface area contributed by atoms with E-state index in [-0.39, 0.29) is 18.4 Å². The molecule has 1 heterocycles. The quantitative estimate of drug-likeness (QED) is 0.824. The van der Waals surface area contributed by atoms with Crippen molar-refractivity contribution in [1.82, 2.24) is 9.80 Å². The first-order chi connectivity index (χ1) is 12.3. The van der Waals surface area contributed by atoms with Gasteiger partial charge in [0.1, 0.15) is 0 Å². The van der Waals surface area contributed by atoms with Gasteiger partial charge in [0.15, 0.2) is 0 Å². The molecular weight excluding hydrogens is 350 g/mol. The predicted octanol–water partition coefficient (Wildman–Crippen LogP) is 3.41. The van der Waals surface area contributed by atoms with Crippen LogP contribution in [0.15, 0.2) is 18.2 Å². The second kappa shape index (κ2) is 9.38. The molecule has 2 atom stereocenters. The number of piperidine rings is 1. The van der Waals surface area contributed by atoms with Gasteiger partial charge in [-0.05, 0) is 49.8 Å². The van der Waals surface area contributed by atoms with Crippen molar-refractivity contribution < 1.29 is 9.59 Å². The van der Waals surface area contributed by atoms with Crippen molar-refractivity contribution in [2.24, 2.45) is 11.8 Å². The standard InChI is InChI=1S/C20H30ClN3O2/c1-5-24(20(26)13-23-10-14(2)8-15(3)11-23)12-19(25)22-18-9-17(21)7-6-16(18)4/h6-7,9,14-15H,5,8,10-13H2,1-4H3,(H,22,25)/t14-,15+. The highest BCUT2D eigenvalue weighted by Crippen LogP contribution is 2.21. The molecule has 1 aliphatic rings. The van der Waals surface area contributed by atoms with Crippen molar-refractivity contribution in [3.05, 3.63) is 28.8 Å². The van der Waals surface area contributed by atoms with Crippen LogP contribution in [-0.4, -0.2) is 54.3 Å². The molecule has 0 unspecified atom stereocenters. The molecule has 144 valence electrons. The fourth-order valence-electron chi connectivity index (χ4n) is 3.68. The number of carbonyl (C=O) groups is 2. The normalized spacial score (nSPS) is 20.7. The number of nitrogens with one attached hydrogen (secondary N) is 1. The molecule has 0 aromatic heterocycles. The Bertz CT molecular complexity index is 640. The van der Waals surface area contributed by atoms with Gasteiger partial charge in [0.25, 0.3) is 0 Å². The molecule has 1 saturated heterocycles. The van der Waals surface area contributed by atoms with E-state index in [1.165, 1.54) is 6.42 Å². The van der Waals surface area contributed by atoms with E-state index in [4.69, 9.17) is 11.6 Å². The summed E-state index contributed by atoms with van der Waals surface area (Å²) >= 11 is 5.99. The van der Waals surface area contributed by atoms with Crippen molar-refractivity contribution in [2.75, 3.05) is 38.0 Å². The van der Waals surface area contributed by atoms with E-state index in [1.54, 1.807) is 17.0 Å². The van der Waals surface area contributed by atoms with Crippen LogP contribution in [0.1, 0.15) is 32.8 Å². The van der Waals surface area contributed by atoms with Gasteiger partial charge in [-0.1, -0.05) is 31.5 Å². The summed E-state index contributed by atoms with van der Waals surface area (Å²) in [5.41, 5.74) is 1.62. The molecular formula is C20H30ClN3O2. The monoisotopic (exact) mass is 379 g/mol. The Labute approximate surface area is 161 Å². The first-order valence-corrected chi connectivity index (χ1v) is 9.72. The molecule has 2 amide bonds. The molecule has 1 fully saturated rings. The molecule has 1 aromatic rings. The molecule has 1 aromatic carbocycles. The molecule has 0 aliphatic carbocycles. The molecule has 6 heteroatoms. The van der Waals surface area contributed by atoms with Crippen LogP contribution in [0.3, 0.4) is 0 Å². The number of anilines is 1. The van der Waals surface area contributed by atoms with E-state index in [0.29, 0.717) is 35.6 Å². The van der Waals surface area contributed by atoms with Crippen LogP contribution < -0.4 is 5.32 Å². The van der Waals surface area contributed by atoms with E-state index in [2.05, 4.69) is 24.1 Å². The molecule has 1 N–H and O–H groups in total. The number of hydrogen-bond acceptors (Lipinski definition) is 3. The number of rotatable bonds is 6. The third-order valence-electron chi connectivity index (χ3n) is 4.85. The fourth-order valence-corrected chi connectivity index (χ4v) is 3.85. The summed E-state index contributed by atoms with van der Waals surface area (Å²) in [6, 6.07) is 5.37. The third-order valence-corrected chi connectivity index (χ3v) is 5.08. The minimum absolute atomic E-state index is 0.00626. The SMILES string of the molecule is CCN(CC(=O)Nc1cc(Cl)ccc1C)C(=O)CN1C[C@H](C)C[C@H](C)C1. The van der Waals surface area contributed by atoms with Crippen molar-refractivity contribution in [3.8, 4) is 0 Å². The summed E-state index contributed by atoms with van der Waals surface area (Å²) in [7, 11) is 0. The Morgan fingerprint density at radius 2 is 1.92 bits per heavy atom. The third kappa shape index (κ3) is 5.99. The first-order valence-electron chi connectivity index (χ1n) is 9.34. The molecule has 0 bridgehead atoms. The Morgan fingerprint density at radius 3 is 2.54 bits per heavy atom. The number of aryl methyl sites for hydroxylation is 1. The summed E-state index contributed by atoms with van der Waals surface area (Å²) in [5, 5.41) is 3.43. The largest absolute Gasteiger partial charge is 0.333 e. The molecule has 0 radical (unpaired) electrons. The van der Waals surface area contributed by atoms with Crippen LogP contribution in [0.5, 0.6) is 0 Å². The molecule has 1 aliphatic heterocycles. The first kappa shape index (κ1) is 20.7. The van der Waals surface area contributed by atoms with Gasteiger partial charge in [-0.2, -0.15) is 0 Å². The Hall–Kier alpha value is -1.59. The average Bonchev–Trinajstić information content (AvgIpc) is 2.55. The van der Waals surface area contributed by atoms with Gasteiger partial charge in [-0.15, -0.1) is 0 Å². The summed E-state index contributed by atoms with van der Waals surface area (Å²) in [4.78, 5) is 28.9. The number of likely N-dealkylation sites (tertiary alicyclic amines) is 1. The lowest BCUT2D eigenvalue weighted by Crippen LogP contribution is -2.47. The van der Waals surface area contributed by atoms with Crippen LogP contribution in [-0.2, 0) is 9.59 Å². The highest BCUT2D eigenvalue weighted by molar-refractivity contribution is 6.31. The zero-order chi connectivity index (χ0) is 19.3. The second-order valence-corrected chi connectivity index (χ2v) is 7.99. The summed E-state index contributed by atoms with van der Waals surface area (Å²) < 4.78 is 0. The Kier molecular flexibility index (Phi) is 7.47. The lowest BCUT2D eigenvalue weighted by molar-refractivity contribution is -0.136. The minimum atomic E-state index is -0.203. The highest BCUT2D eigenvalue weighted by Gasteiger charge is 2.25. The van der Waals surface area contributed by atoms with Gasteiger partial charge < -0.3 is 10.2 Å². The Morgan fingerprint density at radius 1 is 1.27 bits per heavy atom. The summed E-state index contributed by atoms with van der Waals surface area (Å²) in [5.74, 6) is 1.02. The Balaban J connectivity index is 1.91. The van der Waals surface area contributed by atoms with Crippen LogP contribution in [0.25, 0.3) is 0 Å². The smallest absolute Gasteiger partial charge is 0.244 e. The fraction of sp³-hybridized carbons (Fsp3) is 0.600. The van der Waals surface area contributed by atoms with Crippen molar-refractivity contribution >= 4 is 29.1 Å². The van der Waals surface area contributed by atoms with Gasteiger partial charge >= 0.3 is 0 Å². The van der Waals surface area contributed by atoms with Gasteiger partial charge in [-0.25, -0.2) is 0 Å². The highest BCUT2D eigenvalue weighted by atomic mass is 35.5. The topological polar surface area (TPSA) is 52.7 Å². The van der Waals surface area contributed by atoms with Gasteiger partial charge in [0.2, 0.25) is 11.8 Å². The van der Waals surface area contributed by atoms with Crippen molar-refractivity contribution in [3.63, 3.8) is 0 Å². The van der Waals surface area contributed by atoms with E-state index in [9.17, 15) is 9.59 Å². The second-order valence-electron chi connectivity index (χ2n) is 7.56. The average molecular weight is 380 g/mol. The lowest BCUT2D eigenvalue weighted by Gasteiger charge is -2.35. The van der Waals surface area contributed by atoms with Crippen LogP contribution in [0.2, 0.25) is 5.02 Å². The zero-order valence-corrected chi connectivity index (χ0v) is 17.0. The number of hydrogen-bond donors (Lipinski definition) is 1. The van der Waals surface area contributed by atoms with Crippen molar-refractivity contribution in [1.29, 1.82) is 0 Å². The van der Waals surface area contributed by atoms with E-state index in [0.717, 1.165) is 18.7 Å². The van der Waals surface area contributed by atoms with Gasteiger partial charge in [0, 0.05) is 30.3 Å². The molecule has 2 rings (SSSR count). The minimum Gasteiger partial charge on any atom is -0.333 e. The number of amides is 2. The maximum Gasteiger partial charge on any atom is 0.244 e. The van der Waals surface area contributed by atoms with E-state index in [1.807, 2.05) is 19.9 Å². The van der Waals surface area contributed by atoms with E-state index >= 15 is 0 Å². The van der Waals surface area contributed by atoms with Crippen molar-refractivity contribution in [2.45, 2.75) is 34.1 Å². The molecule has 0 spiro atoms. The maximum absolute atomic E-state index is 12.6.